The molecule has 0 amide bonds. The number of nitrogens with zero attached hydrogens (tertiary/aromatic N) is 1. The van der Waals surface area contributed by atoms with Crippen LogP contribution in [0.3, 0.4) is 0 Å². The maximum absolute atomic E-state index is 6.27. The minimum absolute atomic E-state index is 0.158. The summed E-state index contributed by atoms with van der Waals surface area (Å²) in [6.45, 7) is 6.88. The van der Waals surface area contributed by atoms with Crippen molar-refractivity contribution in [3.63, 3.8) is 0 Å². The number of nitrogens with one attached hydrogen (secondary N) is 1. The van der Waals surface area contributed by atoms with Gasteiger partial charge in [0.2, 0.25) is 0 Å². The Kier molecular flexibility index (Phi) is 4.65. The van der Waals surface area contributed by atoms with Gasteiger partial charge in [-0.2, -0.15) is 0 Å². The molecule has 0 radical (unpaired) electrons. The van der Waals surface area contributed by atoms with Gasteiger partial charge >= 0.3 is 0 Å². The third kappa shape index (κ3) is 3.26. The molecular formula is C21H30N2O3. The highest BCUT2D eigenvalue weighted by Crippen LogP contribution is 2.38. The highest BCUT2D eigenvalue weighted by atomic mass is 16.5. The molecule has 5 rings (SSSR count). The number of benzene rings is 1. The average molecular weight is 358 g/mol. The maximum atomic E-state index is 6.27. The summed E-state index contributed by atoms with van der Waals surface area (Å²) in [7, 11) is 0. The zero-order valence-corrected chi connectivity index (χ0v) is 15.5. The molecule has 4 aliphatic heterocycles. The number of piperidine rings is 1. The summed E-state index contributed by atoms with van der Waals surface area (Å²) in [5.74, 6) is 1.68. The van der Waals surface area contributed by atoms with E-state index in [9.17, 15) is 0 Å². The molecule has 4 fully saturated rings. The van der Waals surface area contributed by atoms with Crippen molar-refractivity contribution in [2.45, 2.75) is 49.3 Å². The Morgan fingerprint density at radius 3 is 2.62 bits per heavy atom. The monoisotopic (exact) mass is 358 g/mol. The minimum Gasteiger partial charge on any atom is -0.488 e. The molecule has 1 N–H and O–H groups in total. The lowest BCUT2D eigenvalue weighted by Crippen LogP contribution is -2.59. The zero-order valence-electron chi connectivity index (χ0n) is 15.5. The summed E-state index contributed by atoms with van der Waals surface area (Å²) in [5, 5.41) is 3.37. The first-order valence-electron chi connectivity index (χ1n) is 10.2. The standard InChI is InChI=1S/C21H30N2O3/c1-2-4-20(26-18-7-10-24-13-18)19(3-1)16-5-8-23(9-6-16)17-11-21(25-12-17)14-22-15-21/h1-4,16-18,22H,5-15H2/t17-,18+/m0/s1. The van der Waals surface area contributed by atoms with E-state index in [0.29, 0.717) is 12.0 Å². The Labute approximate surface area is 156 Å². The van der Waals surface area contributed by atoms with Crippen molar-refractivity contribution in [3.05, 3.63) is 29.8 Å². The Morgan fingerprint density at radius 1 is 1.08 bits per heavy atom. The summed E-state index contributed by atoms with van der Waals surface area (Å²) in [6.07, 6.45) is 4.85. The molecule has 2 atom stereocenters. The van der Waals surface area contributed by atoms with Crippen molar-refractivity contribution in [3.8, 4) is 5.75 Å². The summed E-state index contributed by atoms with van der Waals surface area (Å²) in [5.41, 5.74) is 1.55. The summed E-state index contributed by atoms with van der Waals surface area (Å²) in [4.78, 5) is 2.66. The van der Waals surface area contributed by atoms with E-state index in [1.807, 2.05) is 0 Å². The molecule has 0 bridgehead atoms. The number of para-hydroxylation sites is 1. The van der Waals surface area contributed by atoms with Gasteiger partial charge in [-0.15, -0.1) is 0 Å². The largest absolute Gasteiger partial charge is 0.488 e. The van der Waals surface area contributed by atoms with Crippen molar-refractivity contribution in [1.29, 1.82) is 0 Å². The van der Waals surface area contributed by atoms with E-state index in [4.69, 9.17) is 14.2 Å². The smallest absolute Gasteiger partial charge is 0.124 e. The second-order valence-electron chi connectivity index (χ2n) is 8.41. The molecule has 0 saturated carbocycles. The van der Waals surface area contributed by atoms with Crippen LogP contribution >= 0.6 is 0 Å². The molecule has 142 valence electrons. The Morgan fingerprint density at radius 2 is 1.92 bits per heavy atom. The predicted molar refractivity (Wildman–Crippen MR) is 99.8 cm³/mol. The zero-order chi connectivity index (χ0) is 17.4. The van der Waals surface area contributed by atoms with Crippen LogP contribution in [0.4, 0.5) is 0 Å². The fraction of sp³-hybridized carbons (Fsp3) is 0.714. The normalized spacial score (nSPS) is 32.0. The fourth-order valence-electron chi connectivity index (χ4n) is 4.99. The van der Waals surface area contributed by atoms with Gasteiger partial charge in [-0.25, -0.2) is 0 Å². The van der Waals surface area contributed by atoms with Gasteiger partial charge in [0, 0.05) is 25.6 Å². The second-order valence-corrected chi connectivity index (χ2v) is 8.41. The van der Waals surface area contributed by atoms with E-state index < -0.39 is 0 Å². The van der Waals surface area contributed by atoms with Crippen LogP contribution in [-0.2, 0) is 9.47 Å². The van der Waals surface area contributed by atoms with Gasteiger partial charge in [-0.1, -0.05) is 18.2 Å². The third-order valence-corrected chi connectivity index (χ3v) is 6.67. The van der Waals surface area contributed by atoms with Crippen LogP contribution in [0, 0.1) is 0 Å². The Hall–Kier alpha value is -1.14. The highest BCUT2D eigenvalue weighted by Gasteiger charge is 2.47. The molecule has 0 unspecified atom stereocenters. The Balaban J connectivity index is 1.20. The van der Waals surface area contributed by atoms with Crippen molar-refractivity contribution in [2.24, 2.45) is 0 Å². The van der Waals surface area contributed by atoms with Crippen LogP contribution in [0.25, 0.3) is 0 Å². The van der Waals surface area contributed by atoms with Crippen LogP contribution < -0.4 is 10.1 Å². The molecule has 26 heavy (non-hydrogen) atoms. The number of likely N-dealkylation sites (tertiary alicyclic amines) is 1. The van der Waals surface area contributed by atoms with Crippen LogP contribution in [0.5, 0.6) is 5.75 Å². The molecule has 4 heterocycles. The molecule has 1 aromatic carbocycles. The van der Waals surface area contributed by atoms with Gasteiger partial charge in [0.25, 0.3) is 0 Å². The molecule has 4 saturated heterocycles. The topological polar surface area (TPSA) is 43.0 Å². The van der Waals surface area contributed by atoms with E-state index in [1.54, 1.807) is 0 Å². The second kappa shape index (κ2) is 7.12. The van der Waals surface area contributed by atoms with Gasteiger partial charge in [-0.05, 0) is 49.9 Å². The average Bonchev–Trinajstić information content (AvgIpc) is 3.32. The van der Waals surface area contributed by atoms with Gasteiger partial charge in [-0.3, -0.25) is 4.90 Å². The van der Waals surface area contributed by atoms with Crippen LogP contribution in [0.15, 0.2) is 24.3 Å². The lowest BCUT2D eigenvalue weighted by atomic mass is 9.86. The van der Waals surface area contributed by atoms with Gasteiger partial charge < -0.3 is 19.5 Å². The lowest BCUT2D eigenvalue weighted by Gasteiger charge is -2.40. The van der Waals surface area contributed by atoms with Crippen LogP contribution in [0.2, 0.25) is 0 Å². The number of hydrogen-bond donors (Lipinski definition) is 1. The fourth-order valence-corrected chi connectivity index (χ4v) is 4.99. The van der Waals surface area contributed by atoms with Gasteiger partial charge in [0.05, 0.1) is 25.4 Å². The van der Waals surface area contributed by atoms with Gasteiger partial charge in [0.15, 0.2) is 0 Å². The molecule has 1 aromatic rings. The first kappa shape index (κ1) is 17.0. The summed E-state index contributed by atoms with van der Waals surface area (Å²) in [6, 6.07) is 9.25. The molecule has 0 aromatic heterocycles. The van der Waals surface area contributed by atoms with Crippen molar-refractivity contribution in [2.75, 3.05) is 46.0 Å². The minimum atomic E-state index is 0.158. The molecule has 0 aliphatic carbocycles. The molecule has 4 aliphatic rings. The maximum Gasteiger partial charge on any atom is 0.124 e. The quantitative estimate of drug-likeness (QED) is 0.894. The molecule has 1 spiro atoms. The van der Waals surface area contributed by atoms with Gasteiger partial charge in [0.1, 0.15) is 11.9 Å². The lowest BCUT2D eigenvalue weighted by molar-refractivity contribution is -0.0367. The third-order valence-electron chi connectivity index (χ3n) is 6.67. The predicted octanol–water partition coefficient (Wildman–Crippen LogP) is 2.16. The first-order valence-corrected chi connectivity index (χ1v) is 10.2. The summed E-state index contributed by atoms with van der Waals surface area (Å²) < 4.78 is 17.8. The van der Waals surface area contributed by atoms with E-state index in [-0.39, 0.29) is 11.7 Å². The van der Waals surface area contributed by atoms with Crippen molar-refractivity contribution < 1.29 is 14.2 Å². The Bertz CT molecular complexity index is 619. The first-order chi connectivity index (χ1) is 12.8. The van der Waals surface area contributed by atoms with Crippen LogP contribution in [-0.4, -0.2) is 68.6 Å². The highest BCUT2D eigenvalue weighted by molar-refractivity contribution is 5.37. The molecular weight excluding hydrogens is 328 g/mol. The van der Waals surface area contributed by atoms with Crippen molar-refractivity contribution in [1.82, 2.24) is 10.2 Å². The van der Waals surface area contributed by atoms with Crippen molar-refractivity contribution >= 4 is 0 Å². The SMILES string of the molecule is c1ccc(C2CCN([C@@H]3COC4(CNC4)C3)CC2)c(O[C@@H]2CCOC2)c1. The van der Waals surface area contributed by atoms with Crippen LogP contribution in [0.1, 0.15) is 37.2 Å². The van der Waals surface area contributed by atoms with E-state index in [1.165, 1.54) is 37.9 Å². The van der Waals surface area contributed by atoms with E-state index in [0.717, 1.165) is 45.1 Å². The molecule has 5 heteroatoms. The summed E-state index contributed by atoms with van der Waals surface area (Å²) >= 11 is 0. The number of ether oxygens (including phenoxy) is 3. The molecule has 5 nitrogen and oxygen atoms in total. The number of hydrogen-bond acceptors (Lipinski definition) is 5. The van der Waals surface area contributed by atoms with E-state index in [2.05, 4.69) is 34.5 Å². The van der Waals surface area contributed by atoms with E-state index >= 15 is 0 Å². The number of rotatable bonds is 4.